The summed E-state index contributed by atoms with van der Waals surface area (Å²) >= 11 is 11.4. The molecule has 4 nitrogen and oxygen atoms in total. The van der Waals surface area contributed by atoms with Gasteiger partial charge in [0.1, 0.15) is 0 Å². The van der Waals surface area contributed by atoms with Gasteiger partial charge in [0.05, 0.1) is 23.6 Å². The highest BCUT2D eigenvalue weighted by Crippen LogP contribution is 2.21. The Morgan fingerprint density at radius 2 is 1.81 bits per heavy atom. The van der Waals surface area contributed by atoms with Crippen LogP contribution < -0.4 is 10.6 Å². The first-order chi connectivity index (χ1) is 12.4. The molecule has 0 atom stereocenters. The fourth-order valence-electron chi connectivity index (χ4n) is 2.74. The van der Waals surface area contributed by atoms with E-state index >= 15 is 0 Å². The quantitative estimate of drug-likeness (QED) is 0.597. The van der Waals surface area contributed by atoms with Crippen molar-refractivity contribution in [1.29, 1.82) is 0 Å². The second-order valence-electron chi connectivity index (χ2n) is 6.28. The van der Waals surface area contributed by atoms with Gasteiger partial charge in [0.15, 0.2) is 5.11 Å². The molecule has 26 heavy (non-hydrogen) atoms. The molecule has 2 N–H and O–H groups in total. The van der Waals surface area contributed by atoms with Gasteiger partial charge in [0, 0.05) is 10.7 Å². The molecule has 0 saturated carbocycles. The van der Waals surface area contributed by atoms with Gasteiger partial charge in [-0.15, -0.1) is 0 Å². The van der Waals surface area contributed by atoms with E-state index in [4.69, 9.17) is 23.8 Å². The third kappa shape index (κ3) is 4.42. The van der Waals surface area contributed by atoms with Crippen molar-refractivity contribution in [3.63, 3.8) is 0 Å². The van der Waals surface area contributed by atoms with E-state index in [1.54, 1.807) is 0 Å². The summed E-state index contributed by atoms with van der Waals surface area (Å²) in [4.78, 5) is 0. The van der Waals surface area contributed by atoms with Crippen molar-refractivity contribution in [3.05, 3.63) is 76.1 Å². The standard InChI is InChI=1S/C20H21ClN4S/c1-13-7-9-16(10-8-13)12-25-15(3)19(14(2)24-25)23-20(26)22-18-6-4-5-17(21)11-18/h4-11H,12H2,1-3H3,(H2,22,23,26). The van der Waals surface area contributed by atoms with Crippen LogP contribution in [0, 0.1) is 20.8 Å². The Hall–Kier alpha value is -2.37. The van der Waals surface area contributed by atoms with Crippen LogP contribution in [0.1, 0.15) is 22.5 Å². The Balaban J connectivity index is 1.73. The molecule has 0 unspecified atom stereocenters. The zero-order valence-electron chi connectivity index (χ0n) is 15.0. The van der Waals surface area contributed by atoms with Gasteiger partial charge in [-0.3, -0.25) is 4.68 Å². The van der Waals surface area contributed by atoms with E-state index in [1.165, 1.54) is 11.1 Å². The Kier molecular flexibility index (Phi) is 5.59. The number of halogens is 1. The molecule has 0 bridgehead atoms. The maximum atomic E-state index is 6.01. The summed E-state index contributed by atoms with van der Waals surface area (Å²) in [5, 5.41) is 12.2. The van der Waals surface area contributed by atoms with Gasteiger partial charge in [0.2, 0.25) is 0 Å². The molecule has 0 aliphatic rings. The zero-order valence-corrected chi connectivity index (χ0v) is 16.6. The number of benzene rings is 2. The van der Waals surface area contributed by atoms with Crippen molar-refractivity contribution in [3.8, 4) is 0 Å². The lowest BCUT2D eigenvalue weighted by atomic mass is 10.1. The van der Waals surface area contributed by atoms with Crippen LogP contribution in [0.25, 0.3) is 0 Å². The van der Waals surface area contributed by atoms with Crippen molar-refractivity contribution in [1.82, 2.24) is 9.78 Å². The second kappa shape index (κ2) is 7.89. The topological polar surface area (TPSA) is 41.9 Å². The van der Waals surface area contributed by atoms with Crippen LogP contribution in [0.2, 0.25) is 5.02 Å². The van der Waals surface area contributed by atoms with E-state index < -0.39 is 0 Å². The maximum absolute atomic E-state index is 6.01. The van der Waals surface area contributed by atoms with E-state index in [0.717, 1.165) is 29.3 Å². The molecule has 0 aliphatic heterocycles. The van der Waals surface area contributed by atoms with Crippen molar-refractivity contribution in [2.24, 2.45) is 0 Å². The van der Waals surface area contributed by atoms with Gasteiger partial charge in [-0.1, -0.05) is 47.5 Å². The molecule has 6 heteroatoms. The molecule has 0 amide bonds. The predicted octanol–water partition coefficient (Wildman–Crippen LogP) is 5.32. The summed E-state index contributed by atoms with van der Waals surface area (Å²) in [7, 11) is 0. The highest BCUT2D eigenvalue weighted by atomic mass is 35.5. The minimum Gasteiger partial charge on any atom is -0.332 e. The van der Waals surface area contributed by atoms with Crippen LogP contribution in [-0.4, -0.2) is 14.9 Å². The number of nitrogens with zero attached hydrogens (tertiary/aromatic N) is 2. The first-order valence-corrected chi connectivity index (χ1v) is 9.14. The molecular weight excluding hydrogens is 364 g/mol. The van der Waals surface area contributed by atoms with Gasteiger partial charge in [-0.2, -0.15) is 5.10 Å². The summed E-state index contributed by atoms with van der Waals surface area (Å²) in [6, 6.07) is 15.9. The Bertz CT molecular complexity index is 931. The number of thiocarbonyl (C=S) groups is 1. The molecule has 1 aromatic heterocycles. The number of anilines is 2. The molecule has 0 spiro atoms. The molecule has 0 aliphatic carbocycles. The highest BCUT2D eigenvalue weighted by molar-refractivity contribution is 7.80. The lowest BCUT2D eigenvalue weighted by molar-refractivity contribution is 0.659. The largest absolute Gasteiger partial charge is 0.332 e. The van der Waals surface area contributed by atoms with Gasteiger partial charge >= 0.3 is 0 Å². The summed E-state index contributed by atoms with van der Waals surface area (Å²) in [5.41, 5.74) is 6.19. The van der Waals surface area contributed by atoms with Crippen molar-refractivity contribution >= 4 is 40.3 Å². The smallest absolute Gasteiger partial charge is 0.175 e. The van der Waals surface area contributed by atoms with E-state index in [2.05, 4.69) is 46.9 Å². The third-order valence-electron chi connectivity index (χ3n) is 4.16. The highest BCUT2D eigenvalue weighted by Gasteiger charge is 2.13. The molecule has 3 rings (SSSR count). The molecule has 1 heterocycles. The van der Waals surface area contributed by atoms with Crippen LogP contribution in [0.15, 0.2) is 48.5 Å². The van der Waals surface area contributed by atoms with Crippen molar-refractivity contribution in [2.75, 3.05) is 10.6 Å². The molecule has 2 aromatic carbocycles. The van der Waals surface area contributed by atoms with Gasteiger partial charge in [-0.25, -0.2) is 0 Å². The van der Waals surface area contributed by atoms with Crippen LogP contribution in [-0.2, 0) is 6.54 Å². The lowest BCUT2D eigenvalue weighted by Crippen LogP contribution is -2.20. The number of rotatable bonds is 4. The fraction of sp³-hybridized carbons (Fsp3) is 0.200. The first kappa shape index (κ1) is 18.4. The van der Waals surface area contributed by atoms with E-state index in [9.17, 15) is 0 Å². The van der Waals surface area contributed by atoms with Crippen LogP contribution in [0.3, 0.4) is 0 Å². The number of hydrogen-bond donors (Lipinski definition) is 2. The average molecular weight is 385 g/mol. The Labute approximate surface area is 164 Å². The van der Waals surface area contributed by atoms with Crippen LogP contribution >= 0.6 is 23.8 Å². The maximum Gasteiger partial charge on any atom is 0.175 e. The molecule has 0 fully saturated rings. The minimum absolute atomic E-state index is 0.508. The Morgan fingerprint density at radius 3 is 2.50 bits per heavy atom. The normalized spacial score (nSPS) is 10.6. The predicted molar refractivity (Wildman–Crippen MR) is 113 cm³/mol. The molecule has 134 valence electrons. The fourth-order valence-corrected chi connectivity index (χ4v) is 3.15. The number of hydrogen-bond acceptors (Lipinski definition) is 2. The summed E-state index contributed by atoms with van der Waals surface area (Å²) in [6.07, 6.45) is 0. The number of nitrogens with one attached hydrogen (secondary N) is 2. The molecular formula is C20H21ClN4S. The van der Waals surface area contributed by atoms with Gasteiger partial charge in [0.25, 0.3) is 0 Å². The zero-order chi connectivity index (χ0) is 18.7. The third-order valence-corrected chi connectivity index (χ3v) is 4.59. The average Bonchev–Trinajstić information content (AvgIpc) is 2.84. The van der Waals surface area contributed by atoms with Crippen molar-refractivity contribution < 1.29 is 0 Å². The summed E-state index contributed by atoms with van der Waals surface area (Å²) < 4.78 is 1.99. The minimum atomic E-state index is 0.508. The number of aromatic nitrogens is 2. The van der Waals surface area contributed by atoms with Crippen LogP contribution in [0.5, 0.6) is 0 Å². The van der Waals surface area contributed by atoms with E-state index in [-0.39, 0.29) is 0 Å². The van der Waals surface area contributed by atoms with E-state index in [1.807, 2.05) is 42.8 Å². The van der Waals surface area contributed by atoms with Crippen LogP contribution in [0.4, 0.5) is 11.4 Å². The van der Waals surface area contributed by atoms with Gasteiger partial charge < -0.3 is 10.6 Å². The van der Waals surface area contributed by atoms with E-state index in [0.29, 0.717) is 10.1 Å². The summed E-state index contributed by atoms with van der Waals surface area (Å²) in [6.45, 7) is 6.83. The number of aryl methyl sites for hydroxylation is 2. The molecule has 3 aromatic rings. The van der Waals surface area contributed by atoms with Gasteiger partial charge in [-0.05, 0) is 56.8 Å². The second-order valence-corrected chi connectivity index (χ2v) is 7.12. The molecule has 0 saturated heterocycles. The SMILES string of the molecule is Cc1ccc(Cn2nc(C)c(NC(=S)Nc3cccc(Cl)c3)c2C)cc1. The first-order valence-electron chi connectivity index (χ1n) is 8.35. The van der Waals surface area contributed by atoms with Crippen molar-refractivity contribution in [2.45, 2.75) is 27.3 Å². The molecule has 0 radical (unpaired) electrons. The lowest BCUT2D eigenvalue weighted by Gasteiger charge is -2.11. The summed E-state index contributed by atoms with van der Waals surface area (Å²) in [5.74, 6) is 0. The Morgan fingerprint density at radius 1 is 1.08 bits per heavy atom. The monoisotopic (exact) mass is 384 g/mol.